The van der Waals surface area contributed by atoms with E-state index in [1.165, 1.54) is 22.2 Å². The molecule has 1 aromatic heterocycles. The van der Waals surface area contributed by atoms with Gasteiger partial charge in [0.15, 0.2) is 6.10 Å². The third-order valence-corrected chi connectivity index (χ3v) is 8.16. The number of sulfonamides is 1. The first-order chi connectivity index (χ1) is 15.8. The fourth-order valence-corrected chi connectivity index (χ4v) is 6.30. The fraction of sp³-hybridized carbons (Fsp3) is 0.364. The molecular formula is C22H24N4O5S2. The van der Waals surface area contributed by atoms with Gasteiger partial charge in [0.05, 0.1) is 11.7 Å². The predicted molar refractivity (Wildman–Crippen MR) is 124 cm³/mol. The van der Waals surface area contributed by atoms with E-state index in [9.17, 15) is 18.0 Å². The van der Waals surface area contributed by atoms with Crippen LogP contribution in [0.1, 0.15) is 26.2 Å². The van der Waals surface area contributed by atoms with E-state index >= 15 is 0 Å². The van der Waals surface area contributed by atoms with Crippen molar-refractivity contribution in [3.63, 3.8) is 0 Å². The molecule has 11 heteroatoms. The van der Waals surface area contributed by atoms with Crippen LogP contribution in [0.2, 0.25) is 0 Å². The van der Waals surface area contributed by atoms with Crippen LogP contribution in [-0.4, -0.2) is 59.1 Å². The van der Waals surface area contributed by atoms with Crippen LogP contribution in [0, 0.1) is 0 Å². The maximum atomic E-state index is 13.5. The Morgan fingerprint density at radius 3 is 2.64 bits per heavy atom. The van der Waals surface area contributed by atoms with Crippen LogP contribution in [0.3, 0.4) is 0 Å². The second kappa shape index (κ2) is 9.54. The first-order valence-corrected chi connectivity index (χ1v) is 12.7. The largest absolute Gasteiger partial charge is 0.451 e. The van der Waals surface area contributed by atoms with E-state index in [-0.39, 0.29) is 17.0 Å². The molecule has 1 saturated heterocycles. The highest BCUT2D eigenvalue weighted by molar-refractivity contribution is 7.89. The lowest BCUT2D eigenvalue weighted by Gasteiger charge is -2.33. The number of para-hydroxylation sites is 1. The summed E-state index contributed by atoms with van der Waals surface area (Å²) in [5, 5.41) is 0. The first-order valence-electron chi connectivity index (χ1n) is 10.6. The van der Waals surface area contributed by atoms with Gasteiger partial charge in [-0.15, -0.1) is 0 Å². The van der Waals surface area contributed by atoms with Crippen molar-refractivity contribution in [3.05, 3.63) is 48.5 Å². The molecule has 0 radical (unpaired) electrons. The number of piperidine rings is 1. The lowest BCUT2D eigenvalue weighted by molar-refractivity contribution is -0.158. The van der Waals surface area contributed by atoms with E-state index < -0.39 is 34.0 Å². The average Bonchev–Trinajstić information content (AvgIpc) is 3.32. The van der Waals surface area contributed by atoms with Crippen LogP contribution in [0.15, 0.2) is 53.4 Å². The Hall–Kier alpha value is -2.89. The Balaban J connectivity index is 1.54. The summed E-state index contributed by atoms with van der Waals surface area (Å²) in [6.45, 7) is 1.67. The number of anilines is 1. The Bertz CT molecular complexity index is 1260. The number of benzene rings is 2. The van der Waals surface area contributed by atoms with Gasteiger partial charge in [0, 0.05) is 19.3 Å². The third kappa shape index (κ3) is 4.61. The summed E-state index contributed by atoms with van der Waals surface area (Å²) >= 11 is 0.933. The van der Waals surface area contributed by atoms with E-state index in [1.54, 1.807) is 43.4 Å². The number of fused-ring (bicyclic) bond motifs is 1. The minimum atomic E-state index is -4.03. The van der Waals surface area contributed by atoms with Crippen LogP contribution in [0.25, 0.3) is 11.0 Å². The summed E-state index contributed by atoms with van der Waals surface area (Å²) in [5.41, 5.74) is 1.44. The summed E-state index contributed by atoms with van der Waals surface area (Å²) < 4.78 is 41.9. The molecule has 0 spiro atoms. The van der Waals surface area contributed by atoms with Crippen molar-refractivity contribution in [2.24, 2.45) is 0 Å². The van der Waals surface area contributed by atoms with Gasteiger partial charge in [-0.1, -0.05) is 24.3 Å². The Morgan fingerprint density at radius 1 is 1.12 bits per heavy atom. The van der Waals surface area contributed by atoms with Gasteiger partial charge in [-0.3, -0.25) is 9.59 Å². The minimum absolute atomic E-state index is 0.0152. The van der Waals surface area contributed by atoms with Gasteiger partial charge in [-0.2, -0.15) is 13.1 Å². The van der Waals surface area contributed by atoms with Crippen molar-refractivity contribution in [2.45, 2.75) is 43.2 Å². The number of hydrogen-bond acceptors (Lipinski definition) is 8. The second-order valence-electron chi connectivity index (χ2n) is 7.83. The SMILES string of the molecule is C[C@H](OC(=O)[C@@H]1CCCCN1S(=O)(=O)c1cccc2nsnc12)C(=O)N(C)c1ccccc1. The monoisotopic (exact) mass is 488 g/mol. The number of aromatic nitrogens is 2. The molecule has 2 aromatic carbocycles. The first kappa shape index (κ1) is 23.3. The minimum Gasteiger partial charge on any atom is -0.451 e. The van der Waals surface area contributed by atoms with E-state index in [2.05, 4.69) is 8.75 Å². The van der Waals surface area contributed by atoms with Crippen LogP contribution in [-0.2, 0) is 24.3 Å². The number of esters is 1. The van der Waals surface area contributed by atoms with E-state index in [4.69, 9.17) is 4.74 Å². The van der Waals surface area contributed by atoms with E-state index in [0.717, 1.165) is 11.7 Å². The Morgan fingerprint density at radius 2 is 1.88 bits per heavy atom. The van der Waals surface area contributed by atoms with Crippen molar-refractivity contribution in [2.75, 3.05) is 18.5 Å². The van der Waals surface area contributed by atoms with E-state index in [0.29, 0.717) is 30.5 Å². The molecule has 0 bridgehead atoms. The van der Waals surface area contributed by atoms with Gasteiger partial charge in [0.25, 0.3) is 5.91 Å². The summed E-state index contributed by atoms with van der Waals surface area (Å²) in [4.78, 5) is 27.3. The molecule has 174 valence electrons. The zero-order valence-electron chi connectivity index (χ0n) is 18.2. The number of amides is 1. The highest BCUT2D eigenvalue weighted by Crippen LogP contribution is 2.30. The molecule has 3 aromatic rings. The van der Waals surface area contributed by atoms with Crippen molar-refractivity contribution in [1.29, 1.82) is 0 Å². The third-order valence-electron chi connectivity index (χ3n) is 5.68. The number of nitrogens with zero attached hydrogens (tertiary/aromatic N) is 4. The number of carbonyl (C=O) groups is 2. The van der Waals surface area contributed by atoms with Crippen molar-refractivity contribution in [1.82, 2.24) is 13.1 Å². The molecule has 1 aliphatic heterocycles. The number of rotatable bonds is 6. The topological polar surface area (TPSA) is 110 Å². The van der Waals surface area contributed by atoms with E-state index in [1.807, 2.05) is 6.07 Å². The van der Waals surface area contributed by atoms with Gasteiger partial charge in [-0.25, -0.2) is 8.42 Å². The molecule has 1 aliphatic rings. The number of hydrogen-bond donors (Lipinski definition) is 0. The molecule has 1 fully saturated rings. The maximum absolute atomic E-state index is 13.5. The molecule has 0 unspecified atom stereocenters. The van der Waals surface area contributed by atoms with Crippen LogP contribution in [0.4, 0.5) is 5.69 Å². The van der Waals surface area contributed by atoms with Crippen molar-refractivity contribution >= 4 is 50.3 Å². The van der Waals surface area contributed by atoms with Crippen LogP contribution < -0.4 is 4.90 Å². The zero-order chi connectivity index (χ0) is 23.6. The number of ether oxygens (including phenoxy) is 1. The Labute approximate surface area is 196 Å². The highest BCUT2D eigenvalue weighted by atomic mass is 32.2. The molecule has 0 N–H and O–H groups in total. The predicted octanol–water partition coefficient (Wildman–Crippen LogP) is 2.83. The van der Waals surface area contributed by atoms with Gasteiger partial charge in [0.1, 0.15) is 22.0 Å². The molecule has 0 saturated carbocycles. The number of likely N-dealkylation sites (N-methyl/N-ethyl adjacent to an activating group) is 1. The molecule has 2 atom stereocenters. The zero-order valence-corrected chi connectivity index (χ0v) is 19.9. The molecule has 4 rings (SSSR count). The van der Waals surface area contributed by atoms with Gasteiger partial charge < -0.3 is 9.64 Å². The van der Waals surface area contributed by atoms with Gasteiger partial charge >= 0.3 is 5.97 Å². The molecule has 9 nitrogen and oxygen atoms in total. The Kier molecular flexibility index (Phi) is 6.73. The molecule has 1 amide bonds. The quantitative estimate of drug-likeness (QED) is 0.491. The summed E-state index contributed by atoms with van der Waals surface area (Å²) in [5.74, 6) is -1.14. The lowest BCUT2D eigenvalue weighted by Crippen LogP contribution is -2.50. The summed E-state index contributed by atoms with van der Waals surface area (Å²) in [7, 11) is -2.43. The summed E-state index contributed by atoms with van der Waals surface area (Å²) in [6.07, 6.45) is 0.555. The van der Waals surface area contributed by atoms with Crippen molar-refractivity contribution < 1.29 is 22.7 Å². The normalized spacial score (nSPS) is 18.1. The highest BCUT2D eigenvalue weighted by Gasteiger charge is 2.40. The molecular weight excluding hydrogens is 464 g/mol. The van der Waals surface area contributed by atoms with Gasteiger partial charge in [0.2, 0.25) is 10.0 Å². The lowest BCUT2D eigenvalue weighted by atomic mass is 10.1. The fourth-order valence-electron chi connectivity index (χ4n) is 3.90. The molecule has 2 heterocycles. The average molecular weight is 489 g/mol. The van der Waals surface area contributed by atoms with Crippen LogP contribution >= 0.6 is 11.7 Å². The van der Waals surface area contributed by atoms with Crippen LogP contribution in [0.5, 0.6) is 0 Å². The summed E-state index contributed by atoms with van der Waals surface area (Å²) in [6, 6.07) is 12.7. The van der Waals surface area contributed by atoms with Gasteiger partial charge in [-0.05, 0) is 50.5 Å². The maximum Gasteiger partial charge on any atom is 0.325 e. The molecule has 33 heavy (non-hydrogen) atoms. The molecule has 0 aliphatic carbocycles. The van der Waals surface area contributed by atoms with Crippen molar-refractivity contribution in [3.8, 4) is 0 Å². The second-order valence-corrected chi connectivity index (χ2v) is 10.2. The smallest absolute Gasteiger partial charge is 0.325 e. The standard InChI is InChI=1S/C22H24N4O5S2/c1-15(21(27)25(2)16-9-4-3-5-10-16)31-22(28)18-12-6-7-14-26(18)33(29,30)19-13-8-11-17-20(19)24-32-23-17/h3-5,8-11,13,15,18H,6-7,12,14H2,1-2H3/t15-,18-/m0/s1. The number of carbonyl (C=O) groups excluding carboxylic acids is 2.